The maximum atomic E-state index is 9.31. The zero-order valence-electron chi connectivity index (χ0n) is 9.64. The standard InChI is InChI=1S/C14H15BrOS/c1-17(15,11-12-5-3-2-4-6-12)14-9-7-13(16)8-10-14/h2-10,16H,11H2,1H3. The van der Waals surface area contributed by atoms with Crippen LogP contribution >= 0.6 is 23.3 Å². The van der Waals surface area contributed by atoms with E-state index in [1.54, 1.807) is 12.1 Å². The highest BCUT2D eigenvalue weighted by Gasteiger charge is 2.17. The Morgan fingerprint density at radius 3 is 2.18 bits per heavy atom. The lowest BCUT2D eigenvalue weighted by atomic mass is 10.2. The van der Waals surface area contributed by atoms with Gasteiger partial charge in [-0.05, 0) is 55.8 Å². The second-order valence-electron chi connectivity index (χ2n) is 4.10. The van der Waals surface area contributed by atoms with E-state index in [1.807, 2.05) is 18.2 Å². The van der Waals surface area contributed by atoms with E-state index < -0.39 is 8.46 Å². The summed E-state index contributed by atoms with van der Waals surface area (Å²) in [7, 11) is -1.03. The molecule has 0 spiro atoms. The largest absolute Gasteiger partial charge is 0.508 e. The highest BCUT2D eigenvalue weighted by atomic mass is 79.9. The minimum absolute atomic E-state index is 0.316. The van der Waals surface area contributed by atoms with Gasteiger partial charge in [0.05, 0.1) is 0 Å². The number of halogens is 1. The van der Waals surface area contributed by atoms with Gasteiger partial charge < -0.3 is 5.11 Å². The predicted molar refractivity (Wildman–Crippen MR) is 79.0 cm³/mol. The van der Waals surface area contributed by atoms with Crippen LogP contribution < -0.4 is 0 Å². The van der Waals surface area contributed by atoms with Crippen molar-refractivity contribution in [3.63, 3.8) is 0 Å². The van der Waals surface area contributed by atoms with Crippen molar-refractivity contribution in [3.05, 3.63) is 60.2 Å². The van der Waals surface area contributed by atoms with Crippen LogP contribution in [0.1, 0.15) is 5.56 Å². The number of aromatic hydroxyl groups is 1. The molecule has 0 saturated heterocycles. The number of phenolic OH excluding ortho intramolecular Hbond substituents is 1. The van der Waals surface area contributed by atoms with Crippen LogP contribution in [0.15, 0.2) is 59.5 Å². The van der Waals surface area contributed by atoms with E-state index in [1.165, 1.54) is 10.5 Å². The molecule has 1 atom stereocenters. The van der Waals surface area contributed by atoms with E-state index in [2.05, 4.69) is 45.3 Å². The van der Waals surface area contributed by atoms with Gasteiger partial charge >= 0.3 is 0 Å². The molecule has 1 N–H and O–H groups in total. The van der Waals surface area contributed by atoms with Crippen molar-refractivity contribution in [3.8, 4) is 5.75 Å². The van der Waals surface area contributed by atoms with Crippen molar-refractivity contribution < 1.29 is 5.11 Å². The summed E-state index contributed by atoms with van der Waals surface area (Å²) in [5.74, 6) is 1.31. The second-order valence-corrected chi connectivity index (χ2v) is 11.1. The molecule has 0 aliphatic carbocycles. The van der Waals surface area contributed by atoms with Crippen LogP contribution in [-0.4, -0.2) is 11.4 Å². The quantitative estimate of drug-likeness (QED) is 0.871. The molecule has 17 heavy (non-hydrogen) atoms. The average Bonchev–Trinajstić information content (AvgIpc) is 2.30. The van der Waals surface area contributed by atoms with Gasteiger partial charge in [-0.1, -0.05) is 30.3 Å². The third-order valence-electron chi connectivity index (χ3n) is 2.61. The minimum Gasteiger partial charge on any atom is -0.508 e. The van der Waals surface area contributed by atoms with E-state index in [0.717, 1.165) is 5.75 Å². The molecule has 0 aromatic heterocycles. The maximum absolute atomic E-state index is 9.31. The lowest BCUT2D eigenvalue weighted by molar-refractivity contribution is 0.475. The molecule has 2 rings (SSSR count). The normalized spacial score (nSPS) is 16.1. The maximum Gasteiger partial charge on any atom is 0.115 e. The van der Waals surface area contributed by atoms with E-state index in [-0.39, 0.29) is 0 Å². The molecule has 0 fully saturated rings. The van der Waals surface area contributed by atoms with Gasteiger partial charge in [0.15, 0.2) is 0 Å². The fourth-order valence-electron chi connectivity index (χ4n) is 1.70. The molecule has 1 nitrogen and oxygen atoms in total. The Morgan fingerprint density at radius 2 is 1.59 bits per heavy atom. The first-order valence-electron chi connectivity index (χ1n) is 5.36. The summed E-state index contributed by atoms with van der Waals surface area (Å²) in [5, 5.41) is 9.31. The zero-order valence-corrected chi connectivity index (χ0v) is 12.0. The summed E-state index contributed by atoms with van der Waals surface area (Å²) < 4.78 is 0. The third-order valence-corrected chi connectivity index (χ3v) is 6.55. The lowest BCUT2D eigenvalue weighted by Gasteiger charge is -2.29. The smallest absolute Gasteiger partial charge is 0.115 e. The van der Waals surface area contributed by atoms with Crippen molar-refractivity contribution in [2.75, 3.05) is 6.26 Å². The molecule has 1 unspecified atom stereocenters. The Kier molecular flexibility index (Phi) is 3.79. The topological polar surface area (TPSA) is 20.2 Å². The number of hydrogen-bond donors (Lipinski definition) is 1. The summed E-state index contributed by atoms with van der Waals surface area (Å²) in [6.07, 6.45) is 2.23. The van der Waals surface area contributed by atoms with Crippen molar-refractivity contribution in [2.45, 2.75) is 10.6 Å². The molecule has 0 heterocycles. The molecule has 0 aliphatic rings. The first-order chi connectivity index (χ1) is 8.08. The van der Waals surface area contributed by atoms with E-state index in [4.69, 9.17) is 0 Å². The number of benzene rings is 2. The minimum atomic E-state index is -1.03. The fraction of sp³-hybridized carbons (Fsp3) is 0.143. The van der Waals surface area contributed by atoms with E-state index >= 15 is 0 Å². The van der Waals surface area contributed by atoms with Gasteiger partial charge in [0, 0.05) is 5.75 Å². The first-order valence-corrected chi connectivity index (χ1v) is 9.42. The monoisotopic (exact) mass is 310 g/mol. The third kappa shape index (κ3) is 3.27. The van der Waals surface area contributed by atoms with Gasteiger partial charge in [0.1, 0.15) is 5.75 Å². The Bertz CT molecular complexity index is 479. The highest BCUT2D eigenvalue weighted by Crippen LogP contribution is 2.61. The van der Waals surface area contributed by atoms with Gasteiger partial charge in [-0.25, -0.2) is 0 Å². The van der Waals surface area contributed by atoms with Crippen LogP contribution in [0, 0.1) is 0 Å². The van der Waals surface area contributed by atoms with Gasteiger partial charge in [-0.2, -0.15) is 8.46 Å². The van der Waals surface area contributed by atoms with Crippen LogP contribution in [-0.2, 0) is 5.75 Å². The Hall–Kier alpha value is -0.930. The molecular formula is C14H15BrOS. The number of phenols is 1. The summed E-state index contributed by atoms with van der Waals surface area (Å²) in [6.45, 7) is 0. The number of hydrogen-bond acceptors (Lipinski definition) is 1. The van der Waals surface area contributed by atoms with Crippen molar-refractivity contribution in [1.29, 1.82) is 0 Å². The first kappa shape index (κ1) is 12.5. The summed E-state index contributed by atoms with van der Waals surface area (Å²) in [5.41, 5.74) is 1.33. The Balaban J connectivity index is 2.21. The fourth-order valence-corrected chi connectivity index (χ4v) is 4.83. The average molecular weight is 311 g/mol. The molecular weight excluding hydrogens is 296 g/mol. The van der Waals surface area contributed by atoms with Crippen LogP contribution in [0.5, 0.6) is 5.75 Å². The molecule has 2 aromatic rings. The van der Waals surface area contributed by atoms with Crippen LogP contribution in [0.2, 0.25) is 0 Å². The van der Waals surface area contributed by atoms with E-state index in [0.29, 0.717) is 5.75 Å². The Labute approximate surface area is 111 Å². The predicted octanol–water partition coefficient (Wildman–Crippen LogP) is 4.70. The van der Waals surface area contributed by atoms with Gasteiger partial charge in [-0.15, -0.1) is 0 Å². The van der Waals surface area contributed by atoms with Crippen LogP contribution in [0.3, 0.4) is 0 Å². The van der Waals surface area contributed by atoms with Gasteiger partial charge in [-0.3, -0.25) is 0 Å². The van der Waals surface area contributed by atoms with Crippen molar-refractivity contribution in [1.82, 2.24) is 0 Å². The summed E-state index contributed by atoms with van der Waals surface area (Å²) in [6, 6.07) is 17.9. The lowest BCUT2D eigenvalue weighted by Crippen LogP contribution is -1.94. The Morgan fingerprint density at radius 1 is 1.00 bits per heavy atom. The van der Waals surface area contributed by atoms with Crippen LogP contribution in [0.25, 0.3) is 0 Å². The molecule has 90 valence electrons. The molecule has 0 radical (unpaired) electrons. The van der Waals surface area contributed by atoms with Crippen molar-refractivity contribution in [2.24, 2.45) is 0 Å². The molecule has 2 aromatic carbocycles. The van der Waals surface area contributed by atoms with Gasteiger partial charge in [0.25, 0.3) is 0 Å². The second kappa shape index (κ2) is 5.15. The molecule has 0 aliphatic heterocycles. The number of rotatable bonds is 3. The van der Waals surface area contributed by atoms with Crippen LogP contribution in [0.4, 0.5) is 0 Å². The highest BCUT2D eigenvalue weighted by molar-refractivity contribution is 9.58. The molecule has 0 bridgehead atoms. The summed E-state index contributed by atoms with van der Waals surface area (Å²) in [4.78, 5) is 1.25. The zero-order chi connectivity index (χ0) is 12.3. The summed E-state index contributed by atoms with van der Waals surface area (Å²) >= 11 is 3.85. The SMILES string of the molecule is CS(Br)(Cc1ccccc1)c1ccc(O)cc1. The molecule has 0 amide bonds. The molecule has 0 saturated carbocycles. The van der Waals surface area contributed by atoms with Gasteiger partial charge in [0.2, 0.25) is 0 Å². The van der Waals surface area contributed by atoms with Crippen molar-refractivity contribution >= 4 is 23.3 Å². The molecule has 3 heteroatoms. The van der Waals surface area contributed by atoms with E-state index in [9.17, 15) is 5.11 Å².